The Morgan fingerprint density at radius 3 is 2.26 bits per heavy atom. The van der Waals surface area contributed by atoms with Crippen LogP contribution in [-0.2, 0) is 10.2 Å². The van der Waals surface area contributed by atoms with Gasteiger partial charge in [-0.15, -0.1) is 0 Å². The van der Waals surface area contributed by atoms with Gasteiger partial charge in [0.15, 0.2) is 6.10 Å². The Balaban J connectivity index is 2.00. The molecule has 122 valence electrons. The fourth-order valence-corrected chi connectivity index (χ4v) is 2.09. The van der Waals surface area contributed by atoms with Gasteiger partial charge in [0.25, 0.3) is 5.91 Å². The predicted molar refractivity (Wildman–Crippen MR) is 90.3 cm³/mol. The van der Waals surface area contributed by atoms with Crippen LogP contribution in [0, 0.1) is 5.82 Å². The van der Waals surface area contributed by atoms with E-state index < -0.39 is 17.8 Å². The highest BCUT2D eigenvalue weighted by molar-refractivity contribution is 5.94. The summed E-state index contributed by atoms with van der Waals surface area (Å²) in [4.78, 5) is 12.1. The van der Waals surface area contributed by atoms with E-state index in [9.17, 15) is 9.18 Å². The van der Waals surface area contributed by atoms with Crippen molar-refractivity contribution in [2.24, 2.45) is 0 Å². The van der Waals surface area contributed by atoms with Crippen molar-refractivity contribution < 1.29 is 13.9 Å². The van der Waals surface area contributed by atoms with Gasteiger partial charge in [-0.05, 0) is 42.2 Å². The van der Waals surface area contributed by atoms with Crippen molar-refractivity contribution in [1.29, 1.82) is 0 Å². The third-order valence-corrected chi connectivity index (χ3v) is 3.53. The number of hydrogen-bond acceptors (Lipinski definition) is 2. The SMILES string of the molecule is C[C@@H](Oc1ccc(C(C)(C)C)cc1)C(=O)Nc1ccccc1F. The Labute approximate surface area is 136 Å². The molecule has 1 N–H and O–H groups in total. The van der Waals surface area contributed by atoms with E-state index in [1.807, 2.05) is 24.3 Å². The number of rotatable bonds is 4. The van der Waals surface area contributed by atoms with Crippen LogP contribution in [0.2, 0.25) is 0 Å². The van der Waals surface area contributed by atoms with Gasteiger partial charge in [-0.2, -0.15) is 0 Å². The molecule has 3 nitrogen and oxygen atoms in total. The van der Waals surface area contributed by atoms with Crippen molar-refractivity contribution in [3.05, 3.63) is 59.9 Å². The van der Waals surface area contributed by atoms with Crippen LogP contribution in [0.1, 0.15) is 33.3 Å². The standard InChI is InChI=1S/C19H22FNO2/c1-13(18(22)21-17-8-6-5-7-16(17)20)23-15-11-9-14(10-12-15)19(2,3)4/h5-13H,1-4H3,(H,21,22)/t13-/m1/s1. The van der Waals surface area contributed by atoms with Gasteiger partial charge < -0.3 is 10.1 Å². The van der Waals surface area contributed by atoms with Crippen molar-refractivity contribution >= 4 is 11.6 Å². The average molecular weight is 315 g/mol. The lowest BCUT2D eigenvalue weighted by Gasteiger charge is -2.20. The van der Waals surface area contributed by atoms with Crippen molar-refractivity contribution in [2.45, 2.75) is 39.2 Å². The lowest BCUT2D eigenvalue weighted by atomic mass is 9.87. The monoisotopic (exact) mass is 315 g/mol. The Hall–Kier alpha value is -2.36. The molecule has 1 amide bonds. The summed E-state index contributed by atoms with van der Waals surface area (Å²) in [7, 11) is 0. The predicted octanol–water partition coefficient (Wildman–Crippen LogP) is 4.53. The highest BCUT2D eigenvalue weighted by Crippen LogP contribution is 2.24. The number of benzene rings is 2. The lowest BCUT2D eigenvalue weighted by molar-refractivity contribution is -0.122. The third-order valence-electron chi connectivity index (χ3n) is 3.53. The lowest BCUT2D eigenvalue weighted by Crippen LogP contribution is -2.30. The Bertz CT molecular complexity index is 675. The minimum absolute atomic E-state index is 0.0619. The first-order chi connectivity index (χ1) is 10.8. The van der Waals surface area contributed by atoms with Crippen LogP contribution in [-0.4, -0.2) is 12.0 Å². The normalized spacial score (nSPS) is 12.6. The van der Waals surface area contributed by atoms with Crippen molar-refractivity contribution in [3.8, 4) is 5.75 Å². The highest BCUT2D eigenvalue weighted by atomic mass is 19.1. The smallest absolute Gasteiger partial charge is 0.265 e. The summed E-state index contributed by atoms with van der Waals surface area (Å²) in [5.41, 5.74) is 1.40. The summed E-state index contributed by atoms with van der Waals surface area (Å²) in [5, 5.41) is 2.53. The first kappa shape index (κ1) is 17.0. The number of ether oxygens (including phenoxy) is 1. The van der Waals surface area contributed by atoms with Gasteiger partial charge in [0, 0.05) is 0 Å². The topological polar surface area (TPSA) is 38.3 Å². The molecule has 4 heteroatoms. The van der Waals surface area contributed by atoms with Gasteiger partial charge in [-0.3, -0.25) is 4.79 Å². The molecule has 23 heavy (non-hydrogen) atoms. The van der Waals surface area contributed by atoms with E-state index in [-0.39, 0.29) is 11.1 Å². The zero-order chi connectivity index (χ0) is 17.0. The molecule has 0 aromatic heterocycles. The van der Waals surface area contributed by atoms with Gasteiger partial charge in [0.2, 0.25) is 0 Å². The molecular weight excluding hydrogens is 293 g/mol. The minimum Gasteiger partial charge on any atom is -0.481 e. The number of para-hydroxylation sites is 1. The second-order valence-electron chi connectivity index (χ2n) is 6.50. The summed E-state index contributed by atoms with van der Waals surface area (Å²) in [6.45, 7) is 8.03. The van der Waals surface area contributed by atoms with Gasteiger partial charge in [-0.25, -0.2) is 4.39 Å². The van der Waals surface area contributed by atoms with E-state index in [0.717, 1.165) is 0 Å². The number of carbonyl (C=O) groups is 1. The molecule has 0 heterocycles. The molecule has 0 bridgehead atoms. The van der Waals surface area contributed by atoms with Gasteiger partial charge in [0.05, 0.1) is 5.69 Å². The van der Waals surface area contributed by atoms with Crippen molar-refractivity contribution in [1.82, 2.24) is 0 Å². The molecule has 0 aliphatic carbocycles. The molecule has 2 aromatic carbocycles. The van der Waals surface area contributed by atoms with Gasteiger partial charge in [0.1, 0.15) is 11.6 Å². The van der Waals surface area contributed by atoms with E-state index in [0.29, 0.717) is 5.75 Å². The van der Waals surface area contributed by atoms with Crippen LogP contribution in [0.25, 0.3) is 0 Å². The van der Waals surface area contributed by atoms with Crippen LogP contribution in [0.3, 0.4) is 0 Å². The Kier molecular flexibility index (Phi) is 5.04. The third kappa shape index (κ3) is 4.55. The maximum Gasteiger partial charge on any atom is 0.265 e. The highest BCUT2D eigenvalue weighted by Gasteiger charge is 2.17. The fraction of sp³-hybridized carbons (Fsp3) is 0.316. The molecule has 0 aliphatic heterocycles. The summed E-state index contributed by atoms with van der Waals surface area (Å²) in [6, 6.07) is 13.7. The van der Waals surface area contributed by atoms with Crippen LogP contribution in [0.15, 0.2) is 48.5 Å². The minimum atomic E-state index is -0.727. The van der Waals surface area contributed by atoms with E-state index in [4.69, 9.17) is 4.74 Å². The van der Waals surface area contributed by atoms with Gasteiger partial charge >= 0.3 is 0 Å². The first-order valence-electron chi connectivity index (χ1n) is 7.60. The number of carbonyl (C=O) groups excluding carboxylic acids is 1. The molecule has 0 saturated carbocycles. The molecule has 0 aliphatic rings. The van der Waals surface area contributed by atoms with E-state index >= 15 is 0 Å². The second kappa shape index (κ2) is 6.82. The summed E-state index contributed by atoms with van der Waals surface area (Å²) >= 11 is 0. The summed E-state index contributed by atoms with van der Waals surface area (Å²) < 4.78 is 19.2. The number of nitrogens with one attached hydrogen (secondary N) is 1. The van der Waals surface area contributed by atoms with Crippen molar-refractivity contribution in [2.75, 3.05) is 5.32 Å². The van der Waals surface area contributed by atoms with Gasteiger partial charge in [-0.1, -0.05) is 45.0 Å². The van der Waals surface area contributed by atoms with E-state index in [2.05, 4.69) is 26.1 Å². The molecule has 2 aromatic rings. The number of hydrogen-bond donors (Lipinski definition) is 1. The zero-order valence-electron chi connectivity index (χ0n) is 13.9. The van der Waals surface area contributed by atoms with E-state index in [1.54, 1.807) is 19.1 Å². The quantitative estimate of drug-likeness (QED) is 0.900. The maximum absolute atomic E-state index is 13.5. The van der Waals surface area contributed by atoms with E-state index in [1.165, 1.54) is 17.7 Å². The molecule has 0 radical (unpaired) electrons. The number of anilines is 1. The number of halogens is 1. The molecular formula is C19H22FNO2. The molecule has 0 fully saturated rings. The average Bonchev–Trinajstić information content (AvgIpc) is 2.49. The molecule has 0 unspecified atom stereocenters. The Morgan fingerprint density at radius 1 is 1.09 bits per heavy atom. The number of amides is 1. The second-order valence-corrected chi connectivity index (χ2v) is 6.50. The largest absolute Gasteiger partial charge is 0.481 e. The van der Waals surface area contributed by atoms with Crippen LogP contribution >= 0.6 is 0 Å². The fourth-order valence-electron chi connectivity index (χ4n) is 2.09. The Morgan fingerprint density at radius 2 is 1.70 bits per heavy atom. The molecule has 2 rings (SSSR count). The summed E-state index contributed by atoms with van der Waals surface area (Å²) in [6.07, 6.45) is -0.727. The van der Waals surface area contributed by atoms with Crippen LogP contribution < -0.4 is 10.1 Å². The van der Waals surface area contributed by atoms with Crippen molar-refractivity contribution in [3.63, 3.8) is 0 Å². The molecule has 1 atom stereocenters. The first-order valence-corrected chi connectivity index (χ1v) is 7.60. The molecule has 0 saturated heterocycles. The molecule has 0 spiro atoms. The maximum atomic E-state index is 13.5. The van der Waals surface area contributed by atoms with Crippen LogP contribution in [0.4, 0.5) is 10.1 Å². The zero-order valence-corrected chi connectivity index (χ0v) is 13.9. The van der Waals surface area contributed by atoms with Crippen LogP contribution in [0.5, 0.6) is 5.75 Å². The summed E-state index contributed by atoms with van der Waals surface area (Å²) in [5.74, 6) is -0.258.